The van der Waals surface area contributed by atoms with Crippen molar-refractivity contribution in [3.63, 3.8) is 0 Å². The predicted octanol–water partition coefficient (Wildman–Crippen LogP) is 10.4. The van der Waals surface area contributed by atoms with Crippen molar-refractivity contribution < 1.29 is 45.5 Å². The molecule has 0 atom stereocenters. The van der Waals surface area contributed by atoms with Crippen LogP contribution in [0, 0.1) is 0 Å². The van der Waals surface area contributed by atoms with Gasteiger partial charge in [0.05, 0.1) is 19.3 Å². The highest BCUT2D eigenvalue weighted by molar-refractivity contribution is 6.11. The Morgan fingerprint density at radius 2 is 0.771 bits per heavy atom. The Balaban J connectivity index is 0.00000193. The Morgan fingerprint density at radius 3 is 1.12 bits per heavy atom. The number of alkyl halides is 6. The maximum absolute atomic E-state index is 14.5. The number of halogens is 6. The van der Waals surface area contributed by atoms with Gasteiger partial charge in [-0.15, -0.1) is 0 Å². The molecule has 0 radical (unpaired) electrons. The van der Waals surface area contributed by atoms with E-state index in [9.17, 15) is 45.5 Å². The van der Waals surface area contributed by atoms with E-state index in [0.29, 0.717) is 11.1 Å². The van der Waals surface area contributed by atoms with Crippen molar-refractivity contribution in [1.29, 1.82) is 0 Å². The molecule has 0 aliphatic heterocycles. The van der Waals surface area contributed by atoms with E-state index in [1.165, 1.54) is 48.5 Å². The molecule has 0 aromatic heterocycles. The van der Waals surface area contributed by atoms with Gasteiger partial charge in [0.15, 0.2) is 11.6 Å². The molecule has 4 aromatic rings. The second-order valence-corrected chi connectivity index (χ2v) is 10.1. The van der Waals surface area contributed by atoms with Crippen LogP contribution in [0.2, 0.25) is 0 Å². The summed E-state index contributed by atoms with van der Waals surface area (Å²) in [4.78, 5) is 49.0. The largest absolute Gasteiger partial charge is 0.367 e. The molecule has 0 unspecified atom stereocenters. The van der Waals surface area contributed by atoms with E-state index in [1.54, 1.807) is 60.7 Å². The van der Waals surface area contributed by atoms with Gasteiger partial charge in [-0.3, -0.25) is 19.2 Å². The lowest BCUT2D eigenvalue weighted by Gasteiger charge is -2.28. The normalized spacial score (nSPS) is 11.3. The van der Waals surface area contributed by atoms with Gasteiger partial charge in [-0.25, -0.2) is 0 Å². The van der Waals surface area contributed by atoms with E-state index in [2.05, 4.69) is 0 Å². The lowest BCUT2D eigenvalue weighted by molar-refractivity contribution is -0.229. The van der Waals surface area contributed by atoms with E-state index in [-0.39, 0.29) is 11.1 Å². The summed E-state index contributed by atoms with van der Waals surface area (Å²) in [6, 6.07) is 28.6. The molecule has 4 aromatic carbocycles. The molecule has 0 aliphatic rings. The minimum absolute atomic E-state index is 0.170. The van der Waals surface area contributed by atoms with Crippen LogP contribution in [0.5, 0.6) is 0 Å². The van der Waals surface area contributed by atoms with Gasteiger partial charge in [0, 0.05) is 11.1 Å². The average molecular weight is 671 g/mol. The number of hydrogen-bond acceptors (Lipinski definition) is 4. The zero-order valence-electron chi connectivity index (χ0n) is 26.9. The average Bonchev–Trinajstić information content (AvgIpc) is 3.10. The van der Waals surface area contributed by atoms with E-state index in [4.69, 9.17) is 0 Å². The molecule has 4 rings (SSSR count). The zero-order chi connectivity index (χ0) is 36.1. The van der Waals surface area contributed by atoms with Crippen molar-refractivity contribution in [3.05, 3.63) is 120 Å². The molecule has 0 fully saturated rings. The Morgan fingerprint density at radius 1 is 0.458 bits per heavy atom. The summed E-state index contributed by atoms with van der Waals surface area (Å²) in [5, 5.41) is 0. The summed E-state index contributed by atoms with van der Waals surface area (Å²) in [7, 11) is 0. The van der Waals surface area contributed by atoms with Gasteiger partial charge in [0.2, 0.25) is 11.6 Å². The van der Waals surface area contributed by atoms with Crippen molar-refractivity contribution in [2.45, 2.75) is 64.7 Å². The highest BCUT2D eigenvalue weighted by Crippen LogP contribution is 2.44. The van der Waals surface area contributed by atoms with Gasteiger partial charge >= 0.3 is 17.8 Å². The van der Waals surface area contributed by atoms with Crippen molar-refractivity contribution in [2.24, 2.45) is 0 Å². The number of rotatable bonds is 13. The van der Waals surface area contributed by atoms with Gasteiger partial charge in [-0.1, -0.05) is 137 Å². The minimum atomic E-state index is -5.71. The van der Waals surface area contributed by atoms with Crippen LogP contribution in [0.15, 0.2) is 109 Å². The summed E-state index contributed by atoms with van der Waals surface area (Å²) in [5.41, 5.74) is 2.48. The first-order chi connectivity index (χ1) is 22.7. The Kier molecular flexibility index (Phi) is 14.2. The number of benzene rings is 4. The van der Waals surface area contributed by atoms with Gasteiger partial charge < -0.3 is 0 Å². The fraction of sp³-hybridized carbons (Fsp3) is 0.263. The fourth-order valence-electron chi connectivity index (χ4n) is 4.39. The van der Waals surface area contributed by atoms with Crippen LogP contribution in [0.1, 0.15) is 67.7 Å². The van der Waals surface area contributed by atoms with E-state index >= 15 is 0 Å². The van der Waals surface area contributed by atoms with Crippen molar-refractivity contribution >= 4 is 23.1 Å². The van der Waals surface area contributed by atoms with Crippen LogP contribution in [0.3, 0.4) is 0 Å². The number of Topliss-reactive ketones (excluding diaryl/α,β-unsaturated/α-hetero) is 4. The molecular weight excluding hydrogens is 634 g/mol. The third kappa shape index (κ3) is 9.82. The molecule has 48 heavy (non-hydrogen) atoms. The van der Waals surface area contributed by atoms with Gasteiger partial charge in [-0.2, -0.15) is 26.3 Å². The monoisotopic (exact) mass is 670 g/mol. The maximum Gasteiger partial charge on any atom is 0.367 e. The molecule has 4 nitrogen and oxygen atoms in total. The van der Waals surface area contributed by atoms with Gasteiger partial charge in [0.25, 0.3) is 0 Å². The molecule has 0 amide bonds. The number of carbonyl (C=O) groups excluding carboxylic acids is 4. The van der Waals surface area contributed by atoms with Crippen LogP contribution in [-0.2, 0) is 9.59 Å². The van der Waals surface area contributed by atoms with Crippen molar-refractivity contribution in [3.8, 4) is 22.3 Å². The number of carbonyl (C=O) groups is 4. The van der Waals surface area contributed by atoms with Gasteiger partial charge in [0.1, 0.15) is 0 Å². The molecule has 0 saturated carbocycles. The smallest absolute Gasteiger partial charge is 0.294 e. The van der Waals surface area contributed by atoms with Crippen LogP contribution >= 0.6 is 0 Å². The van der Waals surface area contributed by atoms with Crippen LogP contribution in [-0.4, -0.2) is 40.9 Å². The predicted molar refractivity (Wildman–Crippen MR) is 174 cm³/mol. The van der Waals surface area contributed by atoms with E-state index in [1.807, 2.05) is 27.7 Å². The van der Waals surface area contributed by atoms with Crippen LogP contribution < -0.4 is 0 Å². The maximum atomic E-state index is 14.5. The van der Waals surface area contributed by atoms with Crippen molar-refractivity contribution in [1.82, 2.24) is 0 Å². The highest BCUT2D eigenvalue weighted by atomic mass is 19.3. The second kappa shape index (κ2) is 17.3. The van der Waals surface area contributed by atoms with E-state index in [0.717, 1.165) is 11.1 Å². The molecule has 0 saturated heterocycles. The SMILES string of the molecule is CC.CC.O=C(CC(=O)C(F)(F)CC(F)(F)C(F)(F)C(=O)CC(=O)c1ccc(-c2ccccc2)cc1)c1ccc(-c2ccccc2)cc1. The Bertz CT molecular complexity index is 1650. The molecule has 10 heteroatoms. The second-order valence-electron chi connectivity index (χ2n) is 10.1. The van der Waals surface area contributed by atoms with Gasteiger partial charge in [-0.05, 0) is 22.3 Å². The van der Waals surface area contributed by atoms with Crippen molar-refractivity contribution in [2.75, 3.05) is 0 Å². The molecule has 0 bridgehead atoms. The Hall–Kier alpha value is -4.86. The fourth-order valence-corrected chi connectivity index (χ4v) is 4.39. The molecular formula is C38H36F6O4. The first kappa shape index (κ1) is 39.3. The molecule has 0 N–H and O–H groups in total. The van der Waals surface area contributed by atoms with Crippen LogP contribution in [0.4, 0.5) is 26.3 Å². The quantitative estimate of drug-likeness (QED) is 0.0807. The first-order valence-electron chi connectivity index (χ1n) is 15.3. The third-order valence-corrected chi connectivity index (χ3v) is 6.93. The third-order valence-electron chi connectivity index (χ3n) is 6.93. The summed E-state index contributed by atoms with van der Waals surface area (Å²) in [5.74, 6) is -23.7. The molecule has 0 heterocycles. The summed E-state index contributed by atoms with van der Waals surface area (Å²) >= 11 is 0. The van der Waals surface area contributed by atoms with E-state index < -0.39 is 60.2 Å². The zero-order valence-corrected chi connectivity index (χ0v) is 26.9. The molecule has 254 valence electrons. The Labute approximate surface area is 275 Å². The lowest BCUT2D eigenvalue weighted by atomic mass is 9.92. The minimum Gasteiger partial charge on any atom is -0.294 e. The highest BCUT2D eigenvalue weighted by Gasteiger charge is 2.65. The summed E-state index contributed by atoms with van der Waals surface area (Å²) < 4.78 is 86.9. The number of hydrogen-bond donors (Lipinski definition) is 0. The lowest BCUT2D eigenvalue weighted by Crippen LogP contribution is -2.52. The molecule has 0 aliphatic carbocycles. The number of ketones is 4. The van der Waals surface area contributed by atoms with Crippen LogP contribution in [0.25, 0.3) is 22.3 Å². The molecule has 0 spiro atoms. The topological polar surface area (TPSA) is 68.3 Å². The summed E-state index contributed by atoms with van der Waals surface area (Å²) in [6.07, 6.45) is -6.26. The summed E-state index contributed by atoms with van der Waals surface area (Å²) in [6.45, 7) is 8.00. The standard InChI is InChI=1S/C34H24F6O4.2C2H6/c35-32(36,30(43)19-28(41)26-15-11-24(12-16-26)22-7-3-1-4-8-22)21-33(37,38)34(39,40)31(44)20-29(42)27-17-13-25(14-18-27)23-9-5-2-6-10-23;2*1-2/h1-18H,19-21H2;2*1-2H3. The first-order valence-corrected chi connectivity index (χ1v) is 15.3.